The number of rotatable bonds is 0. The Hall–Kier alpha value is -0.160. The van der Waals surface area contributed by atoms with E-state index >= 15 is 0 Å². The van der Waals surface area contributed by atoms with E-state index in [0.717, 1.165) is 78.3 Å². The van der Waals surface area contributed by atoms with Gasteiger partial charge in [-0.05, 0) is 51.9 Å². The van der Waals surface area contributed by atoms with E-state index in [1.54, 1.807) is 0 Å². The van der Waals surface area contributed by atoms with E-state index in [1.807, 2.05) is 0 Å². The van der Waals surface area contributed by atoms with E-state index in [1.165, 1.54) is 0 Å². The molecule has 1 aliphatic rings. The summed E-state index contributed by atoms with van der Waals surface area (Å²) in [5, 5.41) is 6.79. The SMILES string of the molecule is C1CNCCCOCCCNCCCOC1. The fraction of sp³-hybridized carbons (Fsp3) is 1.00. The highest BCUT2D eigenvalue weighted by Gasteiger charge is 1.94. The van der Waals surface area contributed by atoms with Crippen LogP contribution in [0.5, 0.6) is 0 Å². The molecule has 0 aromatic heterocycles. The molecule has 0 radical (unpaired) electrons. The number of ether oxygens (including phenoxy) is 2. The highest BCUT2D eigenvalue weighted by atomic mass is 16.5. The minimum absolute atomic E-state index is 0.878. The average Bonchev–Trinajstić information content (AvgIpc) is 2.29. The summed E-state index contributed by atoms with van der Waals surface area (Å²) in [6.45, 7) is 7.73. The van der Waals surface area contributed by atoms with Crippen LogP contribution in [0.3, 0.4) is 0 Å². The number of hydrogen-bond acceptors (Lipinski definition) is 4. The van der Waals surface area contributed by atoms with Gasteiger partial charge in [-0.25, -0.2) is 0 Å². The summed E-state index contributed by atoms with van der Waals surface area (Å²) in [7, 11) is 0. The van der Waals surface area contributed by atoms with Crippen molar-refractivity contribution in [3.05, 3.63) is 0 Å². The highest BCUT2D eigenvalue weighted by Crippen LogP contribution is 1.88. The van der Waals surface area contributed by atoms with Crippen molar-refractivity contribution in [1.29, 1.82) is 0 Å². The Morgan fingerprint density at radius 1 is 0.500 bits per heavy atom. The molecule has 1 aliphatic heterocycles. The van der Waals surface area contributed by atoms with Crippen LogP contribution in [0, 0.1) is 0 Å². The molecule has 1 heterocycles. The molecule has 1 saturated heterocycles. The average molecular weight is 230 g/mol. The van der Waals surface area contributed by atoms with Crippen LogP contribution in [0.1, 0.15) is 25.7 Å². The molecule has 2 N–H and O–H groups in total. The van der Waals surface area contributed by atoms with Gasteiger partial charge in [0, 0.05) is 26.4 Å². The van der Waals surface area contributed by atoms with Gasteiger partial charge >= 0.3 is 0 Å². The van der Waals surface area contributed by atoms with Gasteiger partial charge in [-0.15, -0.1) is 0 Å². The van der Waals surface area contributed by atoms with Crippen LogP contribution in [0.25, 0.3) is 0 Å². The second-order valence-electron chi connectivity index (χ2n) is 4.14. The first-order chi connectivity index (χ1) is 8.00. The molecule has 0 saturated carbocycles. The minimum Gasteiger partial charge on any atom is -0.381 e. The third-order valence-corrected chi connectivity index (χ3v) is 2.57. The van der Waals surface area contributed by atoms with Crippen LogP contribution in [0.2, 0.25) is 0 Å². The zero-order valence-corrected chi connectivity index (χ0v) is 10.3. The monoisotopic (exact) mass is 230 g/mol. The Morgan fingerprint density at radius 2 is 0.812 bits per heavy atom. The molecular formula is C12H26N2O2. The third kappa shape index (κ3) is 9.09. The van der Waals surface area contributed by atoms with Crippen molar-refractivity contribution in [2.45, 2.75) is 25.7 Å². The lowest BCUT2D eigenvalue weighted by Crippen LogP contribution is -2.22. The minimum atomic E-state index is 0.878. The van der Waals surface area contributed by atoms with Gasteiger partial charge < -0.3 is 20.1 Å². The van der Waals surface area contributed by atoms with E-state index in [4.69, 9.17) is 9.47 Å². The molecule has 0 aromatic rings. The molecule has 1 fully saturated rings. The summed E-state index contributed by atoms with van der Waals surface area (Å²) in [5.41, 5.74) is 0. The lowest BCUT2D eigenvalue weighted by atomic mass is 10.4. The lowest BCUT2D eigenvalue weighted by molar-refractivity contribution is 0.120. The summed E-state index contributed by atoms with van der Waals surface area (Å²) in [6.07, 6.45) is 4.42. The van der Waals surface area contributed by atoms with Crippen LogP contribution < -0.4 is 10.6 Å². The Kier molecular flexibility index (Phi) is 9.84. The fourth-order valence-corrected chi connectivity index (χ4v) is 1.65. The Labute approximate surface area is 99.1 Å². The molecule has 96 valence electrons. The van der Waals surface area contributed by atoms with E-state index in [0.29, 0.717) is 0 Å². The van der Waals surface area contributed by atoms with Crippen molar-refractivity contribution in [1.82, 2.24) is 10.6 Å². The molecule has 0 atom stereocenters. The highest BCUT2D eigenvalue weighted by molar-refractivity contribution is 4.51. The van der Waals surface area contributed by atoms with Gasteiger partial charge in [-0.2, -0.15) is 0 Å². The third-order valence-electron chi connectivity index (χ3n) is 2.57. The predicted molar refractivity (Wildman–Crippen MR) is 65.8 cm³/mol. The van der Waals surface area contributed by atoms with Gasteiger partial charge in [-0.1, -0.05) is 0 Å². The molecule has 4 nitrogen and oxygen atoms in total. The van der Waals surface area contributed by atoms with E-state index in [9.17, 15) is 0 Å². The lowest BCUT2D eigenvalue weighted by Gasteiger charge is -2.09. The quantitative estimate of drug-likeness (QED) is 0.645. The van der Waals surface area contributed by atoms with Crippen molar-refractivity contribution in [2.75, 3.05) is 52.6 Å². The van der Waals surface area contributed by atoms with Gasteiger partial charge in [0.25, 0.3) is 0 Å². The maximum absolute atomic E-state index is 5.53. The summed E-state index contributed by atoms with van der Waals surface area (Å²) in [5.74, 6) is 0. The maximum Gasteiger partial charge on any atom is 0.0478 e. The van der Waals surface area contributed by atoms with Crippen LogP contribution in [-0.2, 0) is 9.47 Å². The molecule has 0 aromatic carbocycles. The fourth-order valence-electron chi connectivity index (χ4n) is 1.65. The van der Waals surface area contributed by atoms with Crippen molar-refractivity contribution >= 4 is 0 Å². The van der Waals surface area contributed by atoms with Crippen molar-refractivity contribution < 1.29 is 9.47 Å². The van der Waals surface area contributed by atoms with E-state index in [-0.39, 0.29) is 0 Å². The topological polar surface area (TPSA) is 42.5 Å². The van der Waals surface area contributed by atoms with E-state index in [2.05, 4.69) is 10.6 Å². The van der Waals surface area contributed by atoms with E-state index < -0.39 is 0 Å². The van der Waals surface area contributed by atoms with Gasteiger partial charge in [0.1, 0.15) is 0 Å². The molecule has 0 amide bonds. The van der Waals surface area contributed by atoms with Crippen molar-refractivity contribution in [3.8, 4) is 0 Å². The molecule has 0 spiro atoms. The molecular weight excluding hydrogens is 204 g/mol. The van der Waals surface area contributed by atoms with Crippen LogP contribution in [0.15, 0.2) is 0 Å². The zero-order chi connectivity index (χ0) is 11.3. The van der Waals surface area contributed by atoms with Gasteiger partial charge in [0.2, 0.25) is 0 Å². The summed E-state index contributed by atoms with van der Waals surface area (Å²) in [6, 6.07) is 0. The largest absolute Gasteiger partial charge is 0.381 e. The molecule has 0 aliphatic carbocycles. The van der Waals surface area contributed by atoms with Crippen LogP contribution in [0.4, 0.5) is 0 Å². The Bertz CT molecular complexity index is 81.0. The molecule has 16 heavy (non-hydrogen) atoms. The van der Waals surface area contributed by atoms with Gasteiger partial charge in [0.05, 0.1) is 0 Å². The first-order valence-electron chi connectivity index (χ1n) is 6.57. The van der Waals surface area contributed by atoms with Gasteiger partial charge in [0.15, 0.2) is 0 Å². The molecule has 1 rings (SSSR count). The second kappa shape index (κ2) is 11.3. The van der Waals surface area contributed by atoms with Crippen LogP contribution in [-0.4, -0.2) is 52.6 Å². The number of hydrogen-bond donors (Lipinski definition) is 2. The molecule has 0 unspecified atom stereocenters. The summed E-state index contributed by atoms with van der Waals surface area (Å²) < 4.78 is 11.1. The summed E-state index contributed by atoms with van der Waals surface area (Å²) >= 11 is 0. The van der Waals surface area contributed by atoms with Crippen molar-refractivity contribution in [2.24, 2.45) is 0 Å². The first-order valence-corrected chi connectivity index (χ1v) is 6.57. The predicted octanol–water partition coefficient (Wildman–Crippen LogP) is 0.773. The standard InChI is InChI=1S/C12H26N2O2/c1-5-13-6-2-11-16-12-4-8-14-7-3-10-15-9-1/h13-14H,1-12H2. The maximum atomic E-state index is 5.53. The normalized spacial score (nSPS) is 24.0. The summed E-state index contributed by atoms with van der Waals surface area (Å²) in [4.78, 5) is 0. The van der Waals surface area contributed by atoms with Crippen LogP contribution >= 0.6 is 0 Å². The Morgan fingerprint density at radius 3 is 1.12 bits per heavy atom. The van der Waals surface area contributed by atoms with Gasteiger partial charge in [-0.3, -0.25) is 0 Å². The number of nitrogens with one attached hydrogen (secondary N) is 2. The second-order valence-corrected chi connectivity index (χ2v) is 4.14. The molecule has 4 heteroatoms. The van der Waals surface area contributed by atoms with Crippen molar-refractivity contribution in [3.63, 3.8) is 0 Å². The first kappa shape index (κ1) is 13.9. The molecule has 0 bridgehead atoms. The smallest absolute Gasteiger partial charge is 0.0478 e. The zero-order valence-electron chi connectivity index (χ0n) is 10.3. The Balaban J connectivity index is 2.00.